The second kappa shape index (κ2) is 6.08. The van der Waals surface area contributed by atoms with E-state index in [0.717, 1.165) is 43.5 Å². The van der Waals surface area contributed by atoms with E-state index < -0.39 is 0 Å². The lowest BCUT2D eigenvalue weighted by Crippen LogP contribution is -2.39. The molecule has 0 bridgehead atoms. The molecule has 4 N–H and O–H groups in total. The fourth-order valence-electron chi connectivity index (χ4n) is 3.76. The molecule has 3 rings (SSSR count). The minimum absolute atomic E-state index is 0.0212. The van der Waals surface area contributed by atoms with Crippen LogP contribution < -0.4 is 16.4 Å². The fraction of sp³-hybridized carbons (Fsp3) is 0.529. The van der Waals surface area contributed by atoms with Crippen molar-refractivity contribution < 1.29 is 9.59 Å². The van der Waals surface area contributed by atoms with E-state index in [-0.39, 0.29) is 23.1 Å². The SMILES string of the molecule is NCc1cccc(NC(=O)[C@@H]2CCC[C@]3(CCNC3=O)C2)c1. The third-order valence-electron chi connectivity index (χ3n) is 5.02. The van der Waals surface area contributed by atoms with Gasteiger partial charge >= 0.3 is 0 Å². The quantitative estimate of drug-likeness (QED) is 0.795. The second-order valence-electron chi connectivity index (χ2n) is 6.47. The average Bonchev–Trinajstić information content (AvgIpc) is 2.88. The predicted molar refractivity (Wildman–Crippen MR) is 85.0 cm³/mol. The van der Waals surface area contributed by atoms with Crippen molar-refractivity contribution >= 4 is 17.5 Å². The highest BCUT2D eigenvalue weighted by atomic mass is 16.2. The van der Waals surface area contributed by atoms with Crippen molar-refractivity contribution in [1.29, 1.82) is 0 Å². The van der Waals surface area contributed by atoms with E-state index in [0.29, 0.717) is 13.0 Å². The molecular formula is C17H23N3O2. The summed E-state index contributed by atoms with van der Waals surface area (Å²) in [4.78, 5) is 24.6. The van der Waals surface area contributed by atoms with E-state index in [9.17, 15) is 9.59 Å². The zero-order chi connectivity index (χ0) is 15.6. The van der Waals surface area contributed by atoms with Crippen LogP contribution in [-0.4, -0.2) is 18.4 Å². The van der Waals surface area contributed by atoms with Gasteiger partial charge in [-0.25, -0.2) is 0 Å². The maximum absolute atomic E-state index is 12.5. The van der Waals surface area contributed by atoms with Crippen molar-refractivity contribution in [3.63, 3.8) is 0 Å². The Kier molecular flexibility index (Phi) is 4.16. The standard InChI is InChI=1S/C17H23N3O2/c18-11-12-3-1-5-14(9-12)20-15(21)13-4-2-6-17(10-13)7-8-19-16(17)22/h1,3,5,9,13H,2,4,6-8,10-11,18H2,(H,19,22)(H,20,21)/t13-,17+/m1/s1. The van der Waals surface area contributed by atoms with Gasteiger partial charge in [0.1, 0.15) is 0 Å². The van der Waals surface area contributed by atoms with Crippen molar-refractivity contribution in [2.75, 3.05) is 11.9 Å². The van der Waals surface area contributed by atoms with Crippen molar-refractivity contribution in [2.45, 2.75) is 38.6 Å². The number of nitrogens with one attached hydrogen (secondary N) is 2. The van der Waals surface area contributed by atoms with Gasteiger partial charge < -0.3 is 16.4 Å². The summed E-state index contributed by atoms with van der Waals surface area (Å²) in [5, 5.41) is 5.90. The first-order valence-corrected chi connectivity index (χ1v) is 8.01. The summed E-state index contributed by atoms with van der Waals surface area (Å²) in [6.07, 6.45) is 4.23. The van der Waals surface area contributed by atoms with Crippen LogP contribution in [0.3, 0.4) is 0 Å². The molecule has 1 aliphatic carbocycles. The Morgan fingerprint density at radius 2 is 2.27 bits per heavy atom. The van der Waals surface area contributed by atoms with Crippen LogP contribution in [0.1, 0.15) is 37.7 Å². The molecule has 5 nitrogen and oxygen atoms in total. The Labute approximate surface area is 130 Å². The topological polar surface area (TPSA) is 84.2 Å². The van der Waals surface area contributed by atoms with Crippen LogP contribution in [0, 0.1) is 11.3 Å². The number of benzene rings is 1. The molecule has 0 aromatic heterocycles. The molecule has 1 aliphatic heterocycles. The zero-order valence-corrected chi connectivity index (χ0v) is 12.7. The summed E-state index contributed by atoms with van der Waals surface area (Å²) < 4.78 is 0. The Balaban J connectivity index is 1.68. The number of nitrogens with two attached hydrogens (primary N) is 1. The molecular weight excluding hydrogens is 278 g/mol. The summed E-state index contributed by atoms with van der Waals surface area (Å²) >= 11 is 0. The first-order chi connectivity index (χ1) is 10.6. The number of carbonyl (C=O) groups is 2. The Morgan fingerprint density at radius 3 is 3.00 bits per heavy atom. The van der Waals surface area contributed by atoms with Gasteiger partial charge in [0, 0.05) is 24.7 Å². The van der Waals surface area contributed by atoms with Gasteiger partial charge in [-0.2, -0.15) is 0 Å². The van der Waals surface area contributed by atoms with Crippen LogP contribution in [-0.2, 0) is 16.1 Å². The number of anilines is 1. The number of hydrogen-bond donors (Lipinski definition) is 3. The highest BCUT2D eigenvalue weighted by Gasteiger charge is 2.46. The highest BCUT2D eigenvalue weighted by Crippen LogP contribution is 2.44. The van der Waals surface area contributed by atoms with E-state index in [1.807, 2.05) is 24.3 Å². The third-order valence-corrected chi connectivity index (χ3v) is 5.02. The molecule has 118 valence electrons. The Bertz CT molecular complexity index is 587. The summed E-state index contributed by atoms with van der Waals surface area (Å²) in [5.41, 5.74) is 7.10. The summed E-state index contributed by atoms with van der Waals surface area (Å²) in [6.45, 7) is 1.20. The molecule has 1 aromatic rings. The summed E-state index contributed by atoms with van der Waals surface area (Å²) in [6, 6.07) is 7.61. The van der Waals surface area contributed by atoms with Gasteiger partial charge in [0.2, 0.25) is 11.8 Å². The monoisotopic (exact) mass is 301 g/mol. The van der Waals surface area contributed by atoms with Crippen LogP contribution in [0.2, 0.25) is 0 Å². The van der Waals surface area contributed by atoms with Gasteiger partial charge in [-0.1, -0.05) is 18.6 Å². The van der Waals surface area contributed by atoms with Crippen molar-refractivity contribution in [2.24, 2.45) is 17.1 Å². The molecule has 1 saturated carbocycles. The molecule has 22 heavy (non-hydrogen) atoms. The van der Waals surface area contributed by atoms with Crippen LogP contribution >= 0.6 is 0 Å². The largest absolute Gasteiger partial charge is 0.356 e. The molecule has 1 heterocycles. The maximum atomic E-state index is 12.5. The molecule has 2 aliphatic rings. The third kappa shape index (κ3) is 2.86. The molecule has 2 amide bonds. The van der Waals surface area contributed by atoms with Gasteiger partial charge in [0.25, 0.3) is 0 Å². The van der Waals surface area contributed by atoms with Crippen molar-refractivity contribution in [1.82, 2.24) is 5.32 Å². The first kappa shape index (κ1) is 15.0. The molecule has 2 fully saturated rings. The second-order valence-corrected chi connectivity index (χ2v) is 6.47. The van der Waals surface area contributed by atoms with Crippen LogP contribution in [0.25, 0.3) is 0 Å². The number of rotatable bonds is 3. The smallest absolute Gasteiger partial charge is 0.227 e. The maximum Gasteiger partial charge on any atom is 0.227 e. The number of carbonyl (C=O) groups excluding carboxylic acids is 2. The first-order valence-electron chi connectivity index (χ1n) is 8.01. The predicted octanol–water partition coefficient (Wildman–Crippen LogP) is 1.78. The van der Waals surface area contributed by atoms with E-state index >= 15 is 0 Å². The van der Waals surface area contributed by atoms with Crippen molar-refractivity contribution in [3.05, 3.63) is 29.8 Å². The fourth-order valence-corrected chi connectivity index (χ4v) is 3.76. The van der Waals surface area contributed by atoms with Gasteiger partial charge in [-0.15, -0.1) is 0 Å². The van der Waals surface area contributed by atoms with E-state index in [1.54, 1.807) is 0 Å². The minimum Gasteiger partial charge on any atom is -0.356 e. The van der Waals surface area contributed by atoms with Gasteiger partial charge in [-0.3, -0.25) is 9.59 Å². The van der Waals surface area contributed by atoms with Crippen molar-refractivity contribution in [3.8, 4) is 0 Å². The number of hydrogen-bond acceptors (Lipinski definition) is 3. The van der Waals surface area contributed by atoms with Gasteiger partial charge in [-0.05, 0) is 43.4 Å². The Morgan fingerprint density at radius 1 is 1.41 bits per heavy atom. The number of amides is 2. The lowest BCUT2D eigenvalue weighted by Gasteiger charge is -2.35. The highest BCUT2D eigenvalue weighted by molar-refractivity contribution is 5.94. The van der Waals surface area contributed by atoms with E-state index in [2.05, 4.69) is 10.6 Å². The lowest BCUT2D eigenvalue weighted by atomic mass is 9.68. The zero-order valence-electron chi connectivity index (χ0n) is 12.7. The summed E-state index contributed by atoms with van der Waals surface area (Å²) in [5.74, 6) is 0.0715. The van der Waals surface area contributed by atoms with Crippen LogP contribution in [0.5, 0.6) is 0 Å². The van der Waals surface area contributed by atoms with Gasteiger partial charge in [0.05, 0.1) is 5.41 Å². The van der Waals surface area contributed by atoms with E-state index in [1.165, 1.54) is 0 Å². The summed E-state index contributed by atoms with van der Waals surface area (Å²) in [7, 11) is 0. The van der Waals surface area contributed by atoms with Gasteiger partial charge in [0.15, 0.2) is 0 Å². The molecule has 5 heteroatoms. The lowest BCUT2D eigenvalue weighted by molar-refractivity contribution is -0.132. The molecule has 0 unspecified atom stereocenters. The van der Waals surface area contributed by atoms with Crippen LogP contribution in [0.15, 0.2) is 24.3 Å². The molecule has 0 radical (unpaired) electrons. The normalized spacial score (nSPS) is 27.7. The molecule has 1 spiro atoms. The Hall–Kier alpha value is -1.88. The molecule has 2 atom stereocenters. The minimum atomic E-state index is -0.306. The van der Waals surface area contributed by atoms with E-state index in [4.69, 9.17) is 5.73 Å². The average molecular weight is 301 g/mol. The molecule has 1 aromatic carbocycles. The molecule has 1 saturated heterocycles. The van der Waals surface area contributed by atoms with Crippen LogP contribution in [0.4, 0.5) is 5.69 Å².